The maximum absolute atomic E-state index is 12.7. The number of hydrogen-bond donors (Lipinski definition) is 1. The minimum absolute atomic E-state index is 0.259. The Hall–Kier alpha value is -2.37. The van der Waals surface area contributed by atoms with E-state index in [-0.39, 0.29) is 6.54 Å². The lowest BCUT2D eigenvalue weighted by Crippen LogP contribution is -2.24. The highest BCUT2D eigenvalue weighted by Crippen LogP contribution is 2.15. The molecule has 0 amide bonds. The fraction of sp³-hybridized carbons (Fsp3) is 0.304. The Morgan fingerprint density at radius 2 is 1.68 bits per heavy atom. The van der Waals surface area contributed by atoms with Crippen LogP contribution >= 0.6 is 0 Å². The maximum atomic E-state index is 12.7. The van der Waals surface area contributed by atoms with E-state index in [0.29, 0.717) is 10.8 Å². The standard InChI is InChI=1S/C23H28N2O2S/c1-18(2)15-20-10-12-23(13-11-20)28(26,27)24-16-22-9-6-14-25(22)17-21-8-5-4-7-19(21)3/h4-14,18,24H,15-17H2,1-3H3. The van der Waals surface area contributed by atoms with Gasteiger partial charge >= 0.3 is 0 Å². The first kappa shape index (κ1) is 20.4. The second-order valence-electron chi connectivity index (χ2n) is 7.62. The van der Waals surface area contributed by atoms with Crippen molar-refractivity contribution in [1.29, 1.82) is 0 Å². The maximum Gasteiger partial charge on any atom is 0.240 e. The van der Waals surface area contributed by atoms with Gasteiger partial charge < -0.3 is 4.57 Å². The molecule has 148 valence electrons. The summed E-state index contributed by atoms with van der Waals surface area (Å²) in [4.78, 5) is 0.303. The van der Waals surface area contributed by atoms with Gasteiger partial charge in [0.05, 0.1) is 11.4 Å². The molecule has 0 unspecified atom stereocenters. The third kappa shape index (κ3) is 5.12. The molecule has 1 heterocycles. The quantitative estimate of drug-likeness (QED) is 0.608. The van der Waals surface area contributed by atoms with Crippen molar-refractivity contribution < 1.29 is 8.42 Å². The highest BCUT2D eigenvalue weighted by molar-refractivity contribution is 7.89. The van der Waals surface area contributed by atoms with Crippen LogP contribution in [0.1, 0.15) is 36.2 Å². The molecule has 0 saturated heterocycles. The first-order valence-corrected chi connectivity index (χ1v) is 11.1. The van der Waals surface area contributed by atoms with Gasteiger partial charge in [0.2, 0.25) is 10.0 Å². The first-order chi connectivity index (χ1) is 13.3. The molecule has 0 aliphatic carbocycles. The first-order valence-electron chi connectivity index (χ1n) is 9.62. The Morgan fingerprint density at radius 3 is 2.36 bits per heavy atom. The Bertz CT molecular complexity index is 1020. The van der Waals surface area contributed by atoms with Gasteiger partial charge in [-0.15, -0.1) is 0 Å². The molecule has 0 bridgehead atoms. The van der Waals surface area contributed by atoms with Crippen LogP contribution in [0.4, 0.5) is 0 Å². The van der Waals surface area contributed by atoms with E-state index in [9.17, 15) is 8.42 Å². The zero-order valence-electron chi connectivity index (χ0n) is 16.7. The monoisotopic (exact) mass is 396 g/mol. The van der Waals surface area contributed by atoms with E-state index in [1.54, 1.807) is 12.1 Å². The van der Waals surface area contributed by atoms with Gasteiger partial charge in [-0.2, -0.15) is 0 Å². The fourth-order valence-corrected chi connectivity index (χ4v) is 4.26. The van der Waals surface area contributed by atoms with Crippen LogP contribution in [0.25, 0.3) is 0 Å². The van der Waals surface area contributed by atoms with Gasteiger partial charge in [0, 0.05) is 18.4 Å². The third-order valence-electron chi connectivity index (χ3n) is 4.85. The molecule has 0 spiro atoms. The minimum Gasteiger partial charge on any atom is -0.346 e. The lowest BCUT2D eigenvalue weighted by atomic mass is 10.0. The zero-order valence-corrected chi connectivity index (χ0v) is 17.5. The Labute approximate surface area is 168 Å². The second kappa shape index (κ2) is 8.76. The van der Waals surface area contributed by atoms with Crippen molar-refractivity contribution in [3.8, 4) is 0 Å². The van der Waals surface area contributed by atoms with Gasteiger partial charge in [0.1, 0.15) is 0 Å². The van der Waals surface area contributed by atoms with Crippen LogP contribution in [0.15, 0.2) is 71.8 Å². The molecule has 3 rings (SSSR count). The topological polar surface area (TPSA) is 51.1 Å². The average Bonchev–Trinajstić information content (AvgIpc) is 3.09. The van der Waals surface area contributed by atoms with Crippen LogP contribution in [-0.2, 0) is 29.5 Å². The largest absolute Gasteiger partial charge is 0.346 e. The molecule has 2 aromatic carbocycles. The lowest BCUT2D eigenvalue weighted by molar-refractivity contribution is 0.578. The molecule has 1 aromatic heterocycles. The Morgan fingerprint density at radius 1 is 0.964 bits per heavy atom. The Balaban J connectivity index is 1.68. The van der Waals surface area contributed by atoms with Crippen molar-refractivity contribution >= 4 is 10.0 Å². The van der Waals surface area contributed by atoms with Gasteiger partial charge in [0.15, 0.2) is 0 Å². The predicted octanol–water partition coefficient (Wildman–Crippen LogP) is 4.52. The average molecular weight is 397 g/mol. The molecule has 0 fully saturated rings. The number of benzene rings is 2. The van der Waals surface area contributed by atoms with Crippen LogP contribution in [-0.4, -0.2) is 13.0 Å². The number of aryl methyl sites for hydroxylation is 1. The highest BCUT2D eigenvalue weighted by Gasteiger charge is 2.15. The summed E-state index contributed by atoms with van der Waals surface area (Å²) in [7, 11) is -3.54. The van der Waals surface area contributed by atoms with Gasteiger partial charge in [-0.25, -0.2) is 13.1 Å². The fourth-order valence-electron chi connectivity index (χ4n) is 3.26. The van der Waals surface area contributed by atoms with E-state index in [2.05, 4.69) is 42.2 Å². The van der Waals surface area contributed by atoms with Crippen LogP contribution < -0.4 is 4.72 Å². The number of nitrogens with one attached hydrogen (secondary N) is 1. The predicted molar refractivity (Wildman–Crippen MR) is 114 cm³/mol. The van der Waals surface area contributed by atoms with Crippen molar-refractivity contribution in [2.24, 2.45) is 5.92 Å². The van der Waals surface area contributed by atoms with E-state index >= 15 is 0 Å². The van der Waals surface area contributed by atoms with Gasteiger partial charge in [-0.3, -0.25) is 0 Å². The highest BCUT2D eigenvalue weighted by atomic mass is 32.2. The van der Waals surface area contributed by atoms with Crippen molar-refractivity contribution in [2.45, 2.75) is 45.2 Å². The number of rotatable bonds is 8. The molecule has 0 saturated carbocycles. The summed E-state index contributed by atoms with van der Waals surface area (Å²) in [6.07, 6.45) is 2.93. The number of sulfonamides is 1. The Kier molecular flexibility index (Phi) is 6.37. The second-order valence-corrected chi connectivity index (χ2v) is 9.39. The minimum atomic E-state index is -3.54. The summed E-state index contributed by atoms with van der Waals surface area (Å²) in [5.41, 5.74) is 4.54. The molecule has 0 aliphatic heterocycles. The van der Waals surface area contributed by atoms with E-state index < -0.39 is 10.0 Å². The normalized spacial score (nSPS) is 11.9. The molecule has 0 atom stereocenters. The summed E-state index contributed by atoms with van der Waals surface area (Å²) >= 11 is 0. The molecular formula is C23H28N2O2S. The summed E-state index contributed by atoms with van der Waals surface area (Å²) in [5, 5.41) is 0. The summed E-state index contributed by atoms with van der Waals surface area (Å²) in [6, 6.07) is 19.3. The van der Waals surface area contributed by atoms with E-state index in [4.69, 9.17) is 0 Å². The van der Waals surface area contributed by atoms with Crippen LogP contribution in [0.5, 0.6) is 0 Å². The molecule has 3 aromatic rings. The third-order valence-corrected chi connectivity index (χ3v) is 6.26. The van der Waals surface area contributed by atoms with Crippen molar-refractivity contribution in [2.75, 3.05) is 0 Å². The molecule has 0 radical (unpaired) electrons. The summed E-state index contributed by atoms with van der Waals surface area (Å²) in [6.45, 7) is 7.37. The smallest absolute Gasteiger partial charge is 0.240 e. The van der Waals surface area contributed by atoms with Crippen molar-refractivity contribution in [1.82, 2.24) is 9.29 Å². The number of aromatic nitrogens is 1. The van der Waals surface area contributed by atoms with Gasteiger partial charge in [0.25, 0.3) is 0 Å². The molecule has 0 aliphatic rings. The summed E-state index contributed by atoms with van der Waals surface area (Å²) in [5.74, 6) is 0.543. The number of hydrogen-bond acceptors (Lipinski definition) is 2. The van der Waals surface area contributed by atoms with Crippen molar-refractivity contribution in [3.05, 3.63) is 89.2 Å². The van der Waals surface area contributed by atoms with Crippen LogP contribution in [0.3, 0.4) is 0 Å². The van der Waals surface area contributed by atoms with Crippen LogP contribution in [0.2, 0.25) is 0 Å². The van der Waals surface area contributed by atoms with E-state index in [0.717, 1.165) is 24.2 Å². The zero-order chi connectivity index (χ0) is 20.1. The van der Waals surface area contributed by atoms with Gasteiger partial charge in [-0.1, -0.05) is 50.2 Å². The van der Waals surface area contributed by atoms with Crippen LogP contribution in [0, 0.1) is 12.8 Å². The SMILES string of the molecule is Cc1ccccc1Cn1cccc1CNS(=O)(=O)c1ccc(CC(C)C)cc1. The summed E-state index contributed by atoms with van der Waals surface area (Å²) < 4.78 is 30.1. The molecule has 5 heteroatoms. The van der Waals surface area contributed by atoms with E-state index in [1.807, 2.05) is 42.6 Å². The molecule has 28 heavy (non-hydrogen) atoms. The van der Waals surface area contributed by atoms with E-state index in [1.165, 1.54) is 11.1 Å². The number of nitrogens with zero attached hydrogens (tertiary/aromatic N) is 1. The molecular weight excluding hydrogens is 368 g/mol. The van der Waals surface area contributed by atoms with Crippen molar-refractivity contribution in [3.63, 3.8) is 0 Å². The van der Waals surface area contributed by atoms with Gasteiger partial charge in [-0.05, 0) is 60.2 Å². The molecule has 1 N–H and O–H groups in total. The lowest BCUT2D eigenvalue weighted by Gasteiger charge is -2.13. The molecule has 4 nitrogen and oxygen atoms in total.